The molecule has 1 amide bonds. The Bertz CT molecular complexity index is 492. The molecule has 1 aromatic rings. The number of hydrogen-bond acceptors (Lipinski definition) is 3. The molecule has 0 unspecified atom stereocenters. The number of hydrazine groups is 1. The first-order valence-electron chi connectivity index (χ1n) is 7.49. The van der Waals surface area contributed by atoms with Crippen LogP contribution in [-0.4, -0.2) is 24.2 Å². The van der Waals surface area contributed by atoms with Gasteiger partial charge < -0.3 is 10.1 Å². The summed E-state index contributed by atoms with van der Waals surface area (Å²) >= 11 is 5.06. The van der Waals surface area contributed by atoms with Gasteiger partial charge in [-0.1, -0.05) is 26.0 Å². The van der Waals surface area contributed by atoms with E-state index in [4.69, 9.17) is 17.0 Å². The first-order chi connectivity index (χ1) is 10.5. The average Bonchev–Trinajstić information content (AvgIpc) is 2.45. The topological polar surface area (TPSA) is 62.4 Å². The Kier molecular flexibility index (Phi) is 8.28. The van der Waals surface area contributed by atoms with Crippen LogP contribution in [0.1, 0.15) is 32.3 Å². The van der Waals surface area contributed by atoms with Crippen molar-refractivity contribution >= 4 is 23.2 Å². The molecule has 0 radical (unpaired) electrons. The van der Waals surface area contributed by atoms with Crippen molar-refractivity contribution in [2.24, 2.45) is 5.92 Å². The van der Waals surface area contributed by atoms with Gasteiger partial charge in [-0.15, -0.1) is 0 Å². The average molecular weight is 323 g/mol. The molecule has 0 saturated carbocycles. The second-order valence-electron chi connectivity index (χ2n) is 5.53. The van der Waals surface area contributed by atoms with Gasteiger partial charge in [-0.25, -0.2) is 0 Å². The number of benzene rings is 1. The highest BCUT2D eigenvalue weighted by atomic mass is 32.1. The number of aryl methyl sites for hydroxylation is 1. The predicted molar refractivity (Wildman–Crippen MR) is 92.6 cm³/mol. The first-order valence-corrected chi connectivity index (χ1v) is 7.90. The number of thiocarbonyl (C=S) groups is 1. The minimum absolute atomic E-state index is 0.166. The highest BCUT2D eigenvalue weighted by molar-refractivity contribution is 7.80. The third kappa shape index (κ3) is 8.46. The molecule has 0 spiro atoms. The van der Waals surface area contributed by atoms with Crippen LogP contribution in [0.5, 0.6) is 5.75 Å². The van der Waals surface area contributed by atoms with Crippen LogP contribution in [-0.2, 0) is 4.79 Å². The van der Waals surface area contributed by atoms with Crippen LogP contribution in [0.3, 0.4) is 0 Å². The molecule has 5 nitrogen and oxygen atoms in total. The van der Waals surface area contributed by atoms with E-state index in [0.29, 0.717) is 17.6 Å². The molecule has 0 aliphatic rings. The largest absolute Gasteiger partial charge is 0.493 e. The van der Waals surface area contributed by atoms with Gasteiger partial charge in [-0.2, -0.15) is 0 Å². The molecule has 1 rings (SSSR count). The smallest absolute Gasteiger partial charge is 0.241 e. The Morgan fingerprint density at radius 3 is 2.77 bits per heavy atom. The number of nitrogens with one attached hydrogen (secondary N) is 3. The molecule has 0 aliphatic heterocycles. The second kappa shape index (κ2) is 10.00. The van der Waals surface area contributed by atoms with Crippen LogP contribution in [0.15, 0.2) is 24.3 Å². The van der Waals surface area contributed by atoms with Crippen LogP contribution >= 0.6 is 12.2 Å². The Morgan fingerprint density at radius 1 is 1.32 bits per heavy atom. The zero-order valence-corrected chi connectivity index (χ0v) is 14.3. The van der Waals surface area contributed by atoms with Crippen molar-refractivity contribution in [3.8, 4) is 5.75 Å². The number of amides is 1. The predicted octanol–water partition coefficient (Wildman–Crippen LogP) is 2.31. The van der Waals surface area contributed by atoms with Gasteiger partial charge in [0.05, 0.1) is 13.0 Å². The number of carbonyl (C=O) groups excluding carboxylic acids is 1. The monoisotopic (exact) mass is 323 g/mol. The van der Waals surface area contributed by atoms with Crippen LogP contribution in [0, 0.1) is 12.8 Å². The van der Waals surface area contributed by atoms with E-state index in [1.807, 2.05) is 31.2 Å². The fourth-order valence-electron chi connectivity index (χ4n) is 1.67. The third-order valence-electron chi connectivity index (χ3n) is 2.91. The summed E-state index contributed by atoms with van der Waals surface area (Å²) in [7, 11) is 0. The SMILES string of the molecule is Cc1cccc(OCCC(=O)NNC(=S)NCCC(C)C)c1. The van der Waals surface area contributed by atoms with Crippen molar-refractivity contribution in [3.63, 3.8) is 0 Å². The molecule has 6 heteroatoms. The van der Waals surface area contributed by atoms with Crippen LogP contribution in [0.4, 0.5) is 0 Å². The van der Waals surface area contributed by atoms with Gasteiger partial charge >= 0.3 is 0 Å². The number of hydrogen-bond donors (Lipinski definition) is 3. The van der Waals surface area contributed by atoms with Gasteiger partial charge in [0, 0.05) is 6.54 Å². The summed E-state index contributed by atoms with van der Waals surface area (Å²) in [6.45, 7) is 7.40. The van der Waals surface area contributed by atoms with Gasteiger partial charge in [0.1, 0.15) is 5.75 Å². The third-order valence-corrected chi connectivity index (χ3v) is 3.16. The summed E-state index contributed by atoms with van der Waals surface area (Å²) in [6, 6.07) is 7.73. The van der Waals surface area contributed by atoms with Crippen molar-refractivity contribution < 1.29 is 9.53 Å². The molecule has 1 aromatic carbocycles. The highest BCUT2D eigenvalue weighted by Crippen LogP contribution is 2.12. The molecule has 0 heterocycles. The van der Waals surface area contributed by atoms with Crippen molar-refractivity contribution in [1.82, 2.24) is 16.2 Å². The summed E-state index contributed by atoms with van der Waals surface area (Å²) in [5, 5.41) is 3.46. The molecule has 3 N–H and O–H groups in total. The minimum Gasteiger partial charge on any atom is -0.493 e. The maximum absolute atomic E-state index is 11.6. The molecule has 0 aliphatic carbocycles. The Labute approximate surface area is 137 Å². The lowest BCUT2D eigenvalue weighted by molar-refractivity contribution is -0.122. The maximum Gasteiger partial charge on any atom is 0.241 e. The number of ether oxygens (including phenoxy) is 1. The van der Waals surface area contributed by atoms with E-state index < -0.39 is 0 Å². The van der Waals surface area contributed by atoms with Gasteiger partial charge in [0.2, 0.25) is 5.91 Å². The van der Waals surface area contributed by atoms with Crippen molar-refractivity contribution in [2.75, 3.05) is 13.2 Å². The quantitative estimate of drug-likeness (QED) is 0.531. The molecule has 0 bridgehead atoms. The lowest BCUT2D eigenvalue weighted by Gasteiger charge is -2.12. The zero-order valence-electron chi connectivity index (χ0n) is 13.4. The minimum atomic E-state index is -0.166. The zero-order chi connectivity index (χ0) is 16.4. The molecular formula is C16H25N3O2S. The molecule has 122 valence electrons. The van der Waals surface area contributed by atoms with Crippen molar-refractivity contribution in [2.45, 2.75) is 33.6 Å². The second-order valence-corrected chi connectivity index (χ2v) is 5.93. The standard InChI is InChI=1S/C16H25N3O2S/c1-12(2)7-9-17-16(22)19-18-15(20)8-10-21-14-6-4-5-13(3)11-14/h4-6,11-12H,7-10H2,1-3H3,(H,18,20)(H2,17,19,22). The van der Waals surface area contributed by atoms with Crippen LogP contribution in [0.2, 0.25) is 0 Å². The summed E-state index contributed by atoms with van der Waals surface area (Å²) in [6.07, 6.45) is 1.29. The highest BCUT2D eigenvalue weighted by Gasteiger charge is 2.03. The Balaban J connectivity index is 2.12. The molecule has 22 heavy (non-hydrogen) atoms. The van der Waals surface area contributed by atoms with Crippen LogP contribution < -0.4 is 20.9 Å². The molecule has 0 saturated heterocycles. The van der Waals surface area contributed by atoms with Gasteiger partial charge in [-0.05, 0) is 49.2 Å². The van der Waals surface area contributed by atoms with Crippen molar-refractivity contribution in [1.29, 1.82) is 0 Å². The summed E-state index contributed by atoms with van der Waals surface area (Å²) in [4.78, 5) is 11.6. The molecule has 0 aromatic heterocycles. The van der Waals surface area contributed by atoms with E-state index in [1.165, 1.54) is 0 Å². The van der Waals surface area contributed by atoms with E-state index in [0.717, 1.165) is 24.3 Å². The van der Waals surface area contributed by atoms with E-state index >= 15 is 0 Å². The normalized spacial score (nSPS) is 10.2. The van der Waals surface area contributed by atoms with E-state index in [9.17, 15) is 4.79 Å². The first kappa shape index (κ1) is 18.2. The molecular weight excluding hydrogens is 298 g/mol. The van der Waals surface area contributed by atoms with Gasteiger partial charge in [0.15, 0.2) is 5.11 Å². The summed E-state index contributed by atoms with van der Waals surface area (Å²) < 4.78 is 5.52. The van der Waals surface area contributed by atoms with Gasteiger partial charge in [-0.3, -0.25) is 15.6 Å². The Morgan fingerprint density at radius 2 is 2.09 bits per heavy atom. The van der Waals surface area contributed by atoms with Crippen molar-refractivity contribution in [3.05, 3.63) is 29.8 Å². The summed E-state index contributed by atoms with van der Waals surface area (Å²) in [5.41, 5.74) is 6.35. The van der Waals surface area contributed by atoms with E-state index in [-0.39, 0.29) is 12.3 Å². The molecule has 0 atom stereocenters. The summed E-state index contributed by atoms with van der Waals surface area (Å²) in [5.74, 6) is 1.22. The number of carbonyl (C=O) groups is 1. The Hall–Kier alpha value is -1.82. The van der Waals surface area contributed by atoms with Gasteiger partial charge in [0.25, 0.3) is 0 Å². The fourth-order valence-corrected chi connectivity index (χ4v) is 1.83. The van der Waals surface area contributed by atoms with E-state index in [1.54, 1.807) is 0 Å². The lowest BCUT2D eigenvalue weighted by atomic mass is 10.1. The fraction of sp³-hybridized carbons (Fsp3) is 0.500. The lowest BCUT2D eigenvalue weighted by Crippen LogP contribution is -2.47. The molecule has 0 fully saturated rings. The van der Waals surface area contributed by atoms with Crippen LogP contribution in [0.25, 0.3) is 0 Å². The van der Waals surface area contributed by atoms with E-state index in [2.05, 4.69) is 30.0 Å². The maximum atomic E-state index is 11.6. The number of rotatable bonds is 7.